The van der Waals surface area contributed by atoms with Gasteiger partial charge in [0.1, 0.15) is 0 Å². The van der Waals surface area contributed by atoms with Crippen LogP contribution in [-0.2, 0) is 12.8 Å². The molecule has 4 rings (SSSR count). The van der Waals surface area contributed by atoms with E-state index in [4.69, 9.17) is 0 Å². The Morgan fingerprint density at radius 1 is 0.810 bits per heavy atom. The topological polar surface area (TPSA) is 17.0 Å². The molecule has 2 heteroatoms. The van der Waals surface area contributed by atoms with Gasteiger partial charge in [0.2, 0.25) is 0 Å². The van der Waals surface area contributed by atoms with Crippen LogP contribution in [0, 0.1) is 0 Å². The molecule has 0 radical (unpaired) electrons. The Labute approximate surface area is 125 Å². The highest BCUT2D eigenvalue weighted by molar-refractivity contribution is 5.53. The van der Waals surface area contributed by atoms with Crippen LogP contribution in [0.25, 0.3) is 5.69 Å². The minimum absolute atomic E-state index is 0.502. The van der Waals surface area contributed by atoms with Crippen molar-refractivity contribution in [3.63, 3.8) is 0 Å². The van der Waals surface area contributed by atoms with Crippen LogP contribution in [0.5, 0.6) is 0 Å². The molecule has 3 aromatic rings. The third-order valence-corrected chi connectivity index (χ3v) is 4.17. The summed E-state index contributed by atoms with van der Waals surface area (Å²) in [6, 6.07) is 22.0. The van der Waals surface area contributed by atoms with Gasteiger partial charge in [-0.3, -0.25) is 0 Å². The van der Waals surface area contributed by atoms with Crippen molar-refractivity contribution in [2.45, 2.75) is 18.9 Å². The van der Waals surface area contributed by atoms with Gasteiger partial charge in [0, 0.05) is 29.8 Å². The zero-order valence-electron chi connectivity index (χ0n) is 11.9. The number of nitrogens with one attached hydrogen (secondary N) is 1. The first kappa shape index (κ1) is 12.3. The van der Waals surface area contributed by atoms with Gasteiger partial charge in [-0.2, -0.15) is 0 Å². The Morgan fingerprint density at radius 2 is 1.52 bits per heavy atom. The molecular weight excluding hydrogens is 256 g/mol. The average molecular weight is 274 g/mol. The summed E-state index contributed by atoms with van der Waals surface area (Å²) in [5, 5.41) is 3.68. The van der Waals surface area contributed by atoms with Crippen LogP contribution in [0.3, 0.4) is 0 Å². The fraction of sp³-hybridized carbons (Fsp3) is 0.158. The van der Waals surface area contributed by atoms with Crippen molar-refractivity contribution in [3.8, 4) is 5.69 Å². The second kappa shape index (κ2) is 5.13. The molecule has 2 aromatic carbocycles. The lowest BCUT2D eigenvalue weighted by Crippen LogP contribution is -2.19. The van der Waals surface area contributed by atoms with Crippen LogP contribution in [0.4, 0.5) is 5.69 Å². The first-order valence-electron chi connectivity index (χ1n) is 7.45. The average Bonchev–Trinajstić information content (AvgIpc) is 3.16. The standard InChI is InChI=1S/C19H18N2/c1-2-7-16-13-18(12-15(16)6-1)20-17-8-5-9-19(14-17)21-10-3-4-11-21/h1-11,14,18,20H,12-13H2. The SMILES string of the molecule is c1cc(NC2Cc3ccccc3C2)cc(-n2cccc2)c1. The lowest BCUT2D eigenvalue weighted by molar-refractivity contribution is 0.774. The number of aromatic nitrogens is 1. The highest BCUT2D eigenvalue weighted by Gasteiger charge is 2.20. The van der Waals surface area contributed by atoms with Crippen molar-refractivity contribution in [2.24, 2.45) is 0 Å². The van der Waals surface area contributed by atoms with E-state index in [0.29, 0.717) is 6.04 Å². The number of hydrogen-bond acceptors (Lipinski definition) is 1. The summed E-state index contributed by atoms with van der Waals surface area (Å²) in [6.07, 6.45) is 6.38. The minimum atomic E-state index is 0.502. The third-order valence-electron chi connectivity index (χ3n) is 4.17. The smallest absolute Gasteiger partial charge is 0.0469 e. The summed E-state index contributed by atoms with van der Waals surface area (Å²) in [5.41, 5.74) is 5.35. The van der Waals surface area contributed by atoms with Gasteiger partial charge in [0.05, 0.1) is 0 Å². The minimum Gasteiger partial charge on any atom is -0.382 e. The molecule has 0 amide bonds. The number of nitrogens with zero attached hydrogens (tertiary/aromatic N) is 1. The van der Waals surface area contributed by atoms with E-state index in [9.17, 15) is 0 Å². The molecular formula is C19H18N2. The number of fused-ring (bicyclic) bond motifs is 1. The molecule has 0 spiro atoms. The normalized spacial score (nSPS) is 14.1. The molecule has 1 aromatic heterocycles. The largest absolute Gasteiger partial charge is 0.382 e. The van der Waals surface area contributed by atoms with E-state index in [-0.39, 0.29) is 0 Å². The molecule has 0 fully saturated rings. The third kappa shape index (κ3) is 2.45. The Morgan fingerprint density at radius 3 is 2.24 bits per heavy atom. The quantitative estimate of drug-likeness (QED) is 0.762. The Hall–Kier alpha value is -2.48. The van der Waals surface area contributed by atoms with Gasteiger partial charge in [-0.15, -0.1) is 0 Å². The molecule has 1 aliphatic rings. The van der Waals surface area contributed by atoms with Crippen LogP contribution in [-0.4, -0.2) is 10.6 Å². The van der Waals surface area contributed by atoms with E-state index < -0.39 is 0 Å². The summed E-state index contributed by atoms with van der Waals surface area (Å²) in [4.78, 5) is 0. The van der Waals surface area contributed by atoms with Crippen molar-refractivity contribution in [1.29, 1.82) is 0 Å². The van der Waals surface area contributed by atoms with E-state index >= 15 is 0 Å². The number of anilines is 1. The van der Waals surface area contributed by atoms with Crippen molar-refractivity contribution < 1.29 is 0 Å². The second-order valence-corrected chi connectivity index (χ2v) is 5.66. The van der Waals surface area contributed by atoms with Crippen LogP contribution < -0.4 is 5.32 Å². The van der Waals surface area contributed by atoms with Gasteiger partial charge >= 0.3 is 0 Å². The fourth-order valence-electron chi connectivity index (χ4n) is 3.16. The summed E-state index contributed by atoms with van der Waals surface area (Å²) >= 11 is 0. The van der Waals surface area contributed by atoms with Crippen molar-refractivity contribution >= 4 is 5.69 Å². The fourth-order valence-corrected chi connectivity index (χ4v) is 3.16. The first-order valence-corrected chi connectivity index (χ1v) is 7.45. The maximum absolute atomic E-state index is 3.68. The van der Waals surface area contributed by atoms with E-state index in [1.165, 1.54) is 22.5 Å². The molecule has 0 bridgehead atoms. The molecule has 1 heterocycles. The van der Waals surface area contributed by atoms with Gasteiger partial charge in [0.25, 0.3) is 0 Å². The maximum atomic E-state index is 3.68. The van der Waals surface area contributed by atoms with Crippen LogP contribution in [0.15, 0.2) is 73.1 Å². The molecule has 2 nitrogen and oxygen atoms in total. The highest BCUT2D eigenvalue weighted by atomic mass is 15.0. The van der Waals surface area contributed by atoms with Crippen molar-refractivity contribution in [2.75, 3.05) is 5.32 Å². The van der Waals surface area contributed by atoms with Crippen molar-refractivity contribution in [1.82, 2.24) is 4.57 Å². The molecule has 0 aliphatic heterocycles. The van der Waals surface area contributed by atoms with Crippen LogP contribution in [0.1, 0.15) is 11.1 Å². The highest BCUT2D eigenvalue weighted by Crippen LogP contribution is 2.25. The summed E-state index contributed by atoms with van der Waals surface area (Å²) < 4.78 is 2.13. The van der Waals surface area contributed by atoms with E-state index in [0.717, 1.165) is 12.8 Å². The van der Waals surface area contributed by atoms with E-state index in [1.807, 2.05) is 12.1 Å². The molecule has 0 unspecified atom stereocenters. The number of rotatable bonds is 3. The molecule has 1 aliphatic carbocycles. The molecule has 0 saturated heterocycles. The molecule has 0 saturated carbocycles. The first-order chi connectivity index (χ1) is 10.4. The van der Waals surface area contributed by atoms with E-state index in [1.54, 1.807) is 0 Å². The van der Waals surface area contributed by atoms with Crippen LogP contribution >= 0.6 is 0 Å². The zero-order chi connectivity index (χ0) is 14.1. The Kier molecular flexibility index (Phi) is 3.00. The number of hydrogen-bond donors (Lipinski definition) is 1. The molecule has 1 N–H and O–H groups in total. The predicted octanol–water partition coefficient (Wildman–Crippen LogP) is 4.06. The van der Waals surface area contributed by atoms with Gasteiger partial charge in [-0.1, -0.05) is 30.3 Å². The van der Waals surface area contributed by atoms with Crippen LogP contribution in [0.2, 0.25) is 0 Å². The van der Waals surface area contributed by atoms with Gasteiger partial charge < -0.3 is 9.88 Å². The number of benzene rings is 2. The predicted molar refractivity (Wildman–Crippen MR) is 87.0 cm³/mol. The summed E-state index contributed by atoms with van der Waals surface area (Å²) in [5.74, 6) is 0. The van der Waals surface area contributed by atoms with Crippen molar-refractivity contribution in [3.05, 3.63) is 84.2 Å². The monoisotopic (exact) mass is 274 g/mol. The van der Waals surface area contributed by atoms with Gasteiger partial charge in [-0.25, -0.2) is 0 Å². The second-order valence-electron chi connectivity index (χ2n) is 5.66. The van der Waals surface area contributed by atoms with Gasteiger partial charge in [0.15, 0.2) is 0 Å². The molecule has 0 atom stereocenters. The summed E-state index contributed by atoms with van der Waals surface area (Å²) in [7, 11) is 0. The molecule has 104 valence electrons. The lowest BCUT2D eigenvalue weighted by Gasteiger charge is -2.15. The lowest BCUT2D eigenvalue weighted by atomic mass is 10.1. The zero-order valence-corrected chi connectivity index (χ0v) is 11.9. The Bertz CT molecular complexity index is 719. The van der Waals surface area contributed by atoms with Gasteiger partial charge in [-0.05, 0) is 54.3 Å². The van der Waals surface area contributed by atoms with E-state index in [2.05, 4.69) is 70.8 Å². The summed E-state index contributed by atoms with van der Waals surface area (Å²) in [6.45, 7) is 0. The Balaban J connectivity index is 1.53. The maximum Gasteiger partial charge on any atom is 0.0469 e. The molecule has 21 heavy (non-hydrogen) atoms.